The minimum absolute atomic E-state index is 0.628. The molecule has 19 heavy (non-hydrogen) atoms. The normalized spacial score (nSPS) is 14.9. The van der Waals surface area contributed by atoms with Gasteiger partial charge in [0.1, 0.15) is 0 Å². The van der Waals surface area contributed by atoms with E-state index in [-0.39, 0.29) is 0 Å². The van der Waals surface area contributed by atoms with Crippen LogP contribution in [0.3, 0.4) is 0 Å². The summed E-state index contributed by atoms with van der Waals surface area (Å²) in [6.45, 7) is 0. The standard InChI is InChI=1S/C7F12/c8-4(9,10)2-1-3(5(11,12)13,6(14,15)16)7(17,18)19. The monoisotopic (exact) mass is 312 g/mol. The van der Waals surface area contributed by atoms with Crippen LogP contribution in [-0.2, 0) is 0 Å². The zero-order valence-corrected chi connectivity index (χ0v) is 8.04. The summed E-state index contributed by atoms with van der Waals surface area (Å²) in [5.74, 6) is -1.38. The first-order valence-corrected chi connectivity index (χ1v) is 3.77. The van der Waals surface area contributed by atoms with Crippen LogP contribution < -0.4 is 0 Å². The van der Waals surface area contributed by atoms with Crippen molar-refractivity contribution < 1.29 is 52.7 Å². The molecule has 0 saturated heterocycles. The van der Waals surface area contributed by atoms with E-state index in [1.165, 1.54) is 0 Å². The number of halogens is 12. The molecule has 0 heterocycles. The van der Waals surface area contributed by atoms with Gasteiger partial charge < -0.3 is 0 Å². The predicted octanol–water partition coefficient (Wildman–Crippen LogP) is 4.23. The van der Waals surface area contributed by atoms with Crippen LogP contribution in [0.4, 0.5) is 52.7 Å². The molecular weight excluding hydrogens is 312 g/mol. The van der Waals surface area contributed by atoms with Gasteiger partial charge in [-0.1, -0.05) is 5.92 Å². The Kier molecular flexibility index (Phi) is 4.08. The largest absolute Gasteiger partial charge is 0.457 e. The minimum atomic E-state index is -7.12. The van der Waals surface area contributed by atoms with Gasteiger partial charge in [-0.15, -0.1) is 0 Å². The molecule has 0 aromatic heterocycles. The summed E-state index contributed by atoms with van der Waals surface area (Å²) in [7, 11) is 0. The van der Waals surface area contributed by atoms with Gasteiger partial charge in [-0.25, -0.2) is 0 Å². The summed E-state index contributed by atoms with van der Waals surface area (Å²) in [5.41, 5.74) is -6.76. The lowest BCUT2D eigenvalue weighted by atomic mass is 9.86. The fraction of sp³-hybridized carbons (Fsp3) is 0.714. The molecule has 0 aromatic carbocycles. The second-order valence-corrected chi connectivity index (χ2v) is 2.99. The minimum Gasteiger partial charge on any atom is -0.168 e. The lowest BCUT2D eigenvalue weighted by Crippen LogP contribution is -2.58. The molecule has 0 rings (SSSR count). The van der Waals surface area contributed by atoms with Gasteiger partial charge in [0.05, 0.1) is 0 Å². The van der Waals surface area contributed by atoms with Gasteiger partial charge in [0, 0.05) is 5.92 Å². The average molecular weight is 312 g/mol. The quantitative estimate of drug-likeness (QED) is 0.464. The van der Waals surface area contributed by atoms with Gasteiger partial charge in [-0.3, -0.25) is 0 Å². The third kappa shape index (κ3) is 3.38. The molecule has 0 aliphatic rings. The van der Waals surface area contributed by atoms with Gasteiger partial charge in [0.25, 0.3) is 0 Å². The Hall–Kier alpha value is -1.28. The predicted molar refractivity (Wildman–Crippen MR) is 34.4 cm³/mol. The highest BCUT2D eigenvalue weighted by atomic mass is 19.4. The highest BCUT2D eigenvalue weighted by Crippen LogP contribution is 2.59. The summed E-state index contributed by atoms with van der Waals surface area (Å²) < 4.78 is 143. The van der Waals surface area contributed by atoms with Crippen LogP contribution in [0.5, 0.6) is 0 Å². The maximum absolute atomic E-state index is 12.0. The smallest absolute Gasteiger partial charge is 0.168 e. The zero-order chi connectivity index (χ0) is 15.9. The van der Waals surface area contributed by atoms with E-state index in [4.69, 9.17) is 0 Å². The summed E-state index contributed by atoms with van der Waals surface area (Å²) in [4.78, 5) is 0. The van der Waals surface area contributed by atoms with E-state index in [1.807, 2.05) is 0 Å². The van der Waals surface area contributed by atoms with Crippen molar-refractivity contribution in [3.63, 3.8) is 0 Å². The van der Waals surface area contributed by atoms with Crippen LogP contribution in [0.2, 0.25) is 0 Å². The molecule has 0 aliphatic heterocycles. The van der Waals surface area contributed by atoms with E-state index in [0.29, 0.717) is 0 Å². The SMILES string of the molecule is FC(F)(F)C#CC(C(F)(F)F)(C(F)(F)F)C(F)(F)F. The molecule has 0 aromatic rings. The molecule has 0 fully saturated rings. The Morgan fingerprint density at radius 1 is 0.421 bits per heavy atom. The third-order valence-corrected chi connectivity index (χ3v) is 1.67. The van der Waals surface area contributed by atoms with Crippen molar-refractivity contribution in [3.05, 3.63) is 0 Å². The number of hydrogen-bond acceptors (Lipinski definition) is 0. The van der Waals surface area contributed by atoms with Gasteiger partial charge in [-0.05, 0) is 0 Å². The van der Waals surface area contributed by atoms with E-state index < -0.39 is 42.0 Å². The van der Waals surface area contributed by atoms with E-state index in [0.717, 1.165) is 0 Å². The molecule has 0 N–H and O–H groups in total. The second kappa shape index (κ2) is 4.38. The van der Waals surface area contributed by atoms with Crippen LogP contribution in [0.25, 0.3) is 0 Å². The topological polar surface area (TPSA) is 0 Å². The van der Waals surface area contributed by atoms with Gasteiger partial charge >= 0.3 is 30.1 Å². The molecular formula is C7F12. The summed E-state index contributed by atoms with van der Waals surface area (Å²) in [6.07, 6.45) is -27.3. The third-order valence-electron chi connectivity index (χ3n) is 1.67. The van der Waals surface area contributed by atoms with Crippen LogP contribution in [-0.4, -0.2) is 24.7 Å². The number of rotatable bonds is 0. The highest BCUT2D eigenvalue weighted by molar-refractivity contribution is 5.24. The molecule has 0 aliphatic carbocycles. The first-order valence-electron chi connectivity index (χ1n) is 3.77. The molecule has 112 valence electrons. The fourth-order valence-corrected chi connectivity index (χ4v) is 0.859. The summed E-state index contributed by atoms with van der Waals surface area (Å²) in [6, 6.07) is 0. The Morgan fingerprint density at radius 2 is 0.684 bits per heavy atom. The maximum Gasteiger partial charge on any atom is 0.457 e. The number of hydrogen-bond donors (Lipinski definition) is 0. The highest BCUT2D eigenvalue weighted by Gasteiger charge is 2.83. The van der Waals surface area contributed by atoms with Crippen molar-refractivity contribution >= 4 is 0 Å². The van der Waals surface area contributed by atoms with Crippen molar-refractivity contribution in [2.24, 2.45) is 5.41 Å². The molecule has 0 nitrogen and oxygen atoms in total. The van der Waals surface area contributed by atoms with Crippen molar-refractivity contribution in [2.45, 2.75) is 24.7 Å². The van der Waals surface area contributed by atoms with E-state index in [1.54, 1.807) is 0 Å². The molecule has 0 spiro atoms. The van der Waals surface area contributed by atoms with Crippen LogP contribution in [0.15, 0.2) is 0 Å². The summed E-state index contributed by atoms with van der Waals surface area (Å²) in [5, 5.41) is 0. The van der Waals surface area contributed by atoms with Crippen LogP contribution in [0, 0.1) is 17.3 Å². The molecule has 0 saturated carbocycles. The maximum atomic E-state index is 12.0. The summed E-state index contributed by atoms with van der Waals surface area (Å²) >= 11 is 0. The molecule has 0 unspecified atom stereocenters. The van der Waals surface area contributed by atoms with Gasteiger partial charge in [0.15, 0.2) is 0 Å². The average Bonchev–Trinajstić information content (AvgIpc) is 1.92. The first-order chi connectivity index (χ1) is 7.96. The Balaban J connectivity index is 6.35. The Bertz CT molecular complexity index is 340. The Morgan fingerprint density at radius 3 is 0.842 bits per heavy atom. The van der Waals surface area contributed by atoms with E-state index >= 15 is 0 Å². The van der Waals surface area contributed by atoms with Crippen molar-refractivity contribution in [1.29, 1.82) is 0 Å². The molecule has 0 atom stereocenters. The van der Waals surface area contributed by atoms with Crippen LogP contribution >= 0.6 is 0 Å². The molecule has 0 amide bonds. The first kappa shape index (κ1) is 17.7. The zero-order valence-electron chi connectivity index (χ0n) is 8.04. The molecule has 12 heteroatoms. The molecule has 0 radical (unpaired) electrons. The van der Waals surface area contributed by atoms with Gasteiger partial charge in [-0.2, -0.15) is 52.7 Å². The van der Waals surface area contributed by atoms with Crippen molar-refractivity contribution in [1.82, 2.24) is 0 Å². The fourth-order valence-electron chi connectivity index (χ4n) is 0.859. The van der Waals surface area contributed by atoms with Crippen molar-refractivity contribution in [3.8, 4) is 11.8 Å². The molecule has 0 bridgehead atoms. The second-order valence-electron chi connectivity index (χ2n) is 2.99. The lowest BCUT2D eigenvalue weighted by molar-refractivity contribution is -0.402. The van der Waals surface area contributed by atoms with Crippen molar-refractivity contribution in [2.75, 3.05) is 0 Å². The van der Waals surface area contributed by atoms with Crippen LogP contribution in [0.1, 0.15) is 0 Å². The van der Waals surface area contributed by atoms with E-state index in [2.05, 4.69) is 0 Å². The Labute approximate surface area is 95.9 Å². The van der Waals surface area contributed by atoms with Gasteiger partial charge in [0.2, 0.25) is 0 Å². The lowest BCUT2D eigenvalue weighted by Gasteiger charge is -2.34. The van der Waals surface area contributed by atoms with E-state index in [9.17, 15) is 52.7 Å². The number of alkyl halides is 12.